The maximum Gasteiger partial charge on any atom is 0.410 e. The maximum absolute atomic E-state index is 12.8. The Morgan fingerprint density at radius 2 is 1.81 bits per heavy atom. The van der Waals surface area contributed by atoms with Gasteiger partial charge in [0.2, 0.25) is 0 Å². The Balaban J connectivity index is 1.49. The van der Waals surface area contributed by atoms with Gasteiger partial charge in [-0.15, -0.1) is 0 Å². The summed E-state index contributed by atoms with van der Waals surface area (Å²) in [5.74, 6) is 0.814. The lowest BCUT2D eigenvalue weighted by Gasteiger charge is -2.35. The third-order valence-electron chi connectivity index (χ3n) is 5.57. The first-order valence-corrected chi connectivity index (χ1v) is 9.33. The number of benzene rings is 2. The van der Waals surface area contributed by atoms with Crippen LogP contribution in [0, 0.1) is 11.8 Å². The summed E-state index contributed by atoms with van der Waals surface area (Å²) in [6.07, 6.45) is 1.90. The number of likely N-dealkylation sites (tertiary alicyclic amines) is 1. The number of esters is 1. The van der Waals surface area contributed by atoms with Crippen LogP contribution in [0.3, 0.4) is 0 Å². The number of carbonyl (C=O) groups excluding carboxylic acids is 2. The molecule has 2 aliphatic rings. The van der Waals surface area contributed by atoms with Crippen LogP contribution in [0.4, 0.5) is 4.79 Å². The summed E-state index contributed by atoms with van der Waals surface area (Å²) in [4.78, 5) is 26.3. The fraction of sp³-hybridized carbons (Fsp3) is 0.364. The van der Waals surface area contributed by atoms with Gasteiger partial charge in [0.1, 0.15) is 6.61 Å². The number of methoxy groups -OCH3 is 1. The zero-order valence-corrected chi connectivity index (χ0v) is 15.3. The molecule has 4 rings (SSSR count). The summed E-state index contributed by atoms with van der Waals surface area (Å²) >= 11 is 0. The van der Waals surface area contributed by atoms with Gasteiger partial charge in [-0.2, -0.15) is 0 Å². The molecular formula is C22H23NO4. The van der Waals surface area contributed by atoms with Crippen molar-refractivity contribution in [3.63, 3.8) is 0 Å². The third-order valence-corrected chi connectivity index (χ3v) is 5.57. The van der Waals surface area contributed by atoms with E-state index in [2.05, 4.69) is 0 Å². The number of piperidine rings is 1. The quantitative estimate of drug-likeness (QED) is 0.762. The van der Waals surface area contributed by atoms with E-state index in [4.69, 9.17) is 9.47 Å². The van der Waals surface area contributed by atoms with Crippen molar-refractivity contribution in [2.24, 2.45) is 11.8 Å². The standard InChI is InChI=1S/C22H23NO4/c1-26-21(24)17-9-7-16(8-10-17)20-19-13-18(19)11-12-23(20)22(25)27-14-15-5-3-2-4-6-15/h2-10,18-20H,11-14H2,1H3/t18?,19?,20-/m1/s1. The van der Waals surface area contributed by atoms with Crippen LogP contribution in [0.1, 0.15) is 40.4 Å². The lowest BCUT2D eigenvalue weighted by atomic mass is 9.94. The smallest absolute Gasteiger partial charge is 0.410 e. The van der Waals surface area contributed by atoms with E-state index in [0.29, 0.717) is 23.9 Å². The van der Waals surface area contributed by atoms with Crippen molar-refractivity contribution in [2.75, 3.05) is 13.7 Å². The van der Waals surface area contributed by atoms with Crippen LogP contribution in [0.25, 0.3) is 0 Å². The molecule has 27 heavy (non-hydrogen) atoms. The number of ether oxygens (including phenoxy) is 2. The van der Waals surface area contributed by atoms with Crippen LogP contribution < -0.4 is 0 Å². The molecule has 1 aliphatic carbocycles. The highest BCUT2D eigenvalue weighted by Gasteiger charge is 2.50. The van der Waals surface area contributed by atoms with Gasteiger partial charge >= 0.3 is 12.1 Å². The Hall–Kier alpha value is -2.82. The first-order valence-electron chi connectivity index (χ1n) is 9.33. The van der Waals surface area contributed by atoms with Crippen molar-refractivity contribution in [2.45, 2.75) is 25.5 Å². The zero-order valence-electron chi connectivity index (χ0n) is 15.3. The molecule has 0 N–H and O–H groups in total. The molecule has 0 radical (unpaired) electrons. The molecule has 0 spiro atoms. The van der Waals surface area contributed by atoms with Gasteiger partial charge in [-0.25, -0.2) is 9.59 Å². The van der Waals surface area contributed by atoms with E-state index in [-0.39, 0.29) is 24.7 Å². The van der Waals surface area contributed by atoms with E-state index < -0.39 is 0 Å². The summed E-state index contributed by atoms with van der Waals surface area (Å²) in [5.41, 5.74) is 2.54. The molecule has 1 saturated carbocycles. The van der Waals surface area contributed by atoms with Gasteiger partial charge in [0.25, 0.3) is 0 Å². The molecule has 2 aromatic carbocycles. The van der Waals surface area contributed by atoms with Gasteiger partial charge in [-0.1, -0.05) is 42.5 Å². The van der Waals surface area contributed by atoms with Gasteiger partial charge in [0.15, 0.2) is 0 Å². The van der Waals surface area contributed by atoms with Crippen molar-refractivity contribution in [3.05, 3.63) is 71.3 Å². The molecule has 0 bridgehead atoms. The van der Waals surface area contributed by atoms with Gasteiger partial charge in [-0.05, 0) is 47.9 Å². The normalized spacial score (nSPS) is 23.3. The fourth-order valence-electron chi connectivity index (χ4n) is 4.03. The molecule has 1 heterocycles. The second-order valence-electron chi connectivity index (χ2n) is 7.24. The van der Waals surface area contributed by atoms with Gasteiger partial charge in [0.05, 0.1) is 18.7 Å². The van der Waals surface area contributed by atoms with Crippen molar-refractivity contribution in [1.29, 1.82) is 0 Å². The van der Waals surface area contributed by atoms with Crippen LogP contribution in [0.2, 0.25) is 0 Å². The highest BCUT2D eigenvalue weighted by Crippen LogP contribution is 2.55. The number of carbonyl (C=O) groups is 2. The summed E-state index contributed by atoms with van der Waals surface area (Å²) in [6.45, 7) is 0.983. The molecule has 5 heteroatoms. The molecule has 3 atom stereocenters. The van der Waals surface area contributed by atoms with E-state index in [1.807, 2.05) is 47.4 Å². The van der Waals surface area contributed by atoms with E-state index in [1.54, 1.807) is 12.1 Å². The fourth-order valence-corrected chi connectivity index (χ4v) is 4.03. The van der Waals surface area contributed by atoms with Crippen molar-refractivity contribution in [1.82, 2.24) is 4.90 Å². The summed E-state index contributed by atoms with van der Waals surface area (Å²) in [5, 5.41) is 0. The van der Waals surface area contributed by atoms with Gasteiger partial charge in [-0.3, -0.25) is 0 Å². The van der Waals surface area contributed by atoms with Crippen LogP contribution in [0.5, 0.6) is 0 Å². The monoisotopic (exact) mass is 365 g/mol. The lowest BCUT2D eigenvalue weighted by Crippen LogP contribution is -2.40. The molecule has 2 aromatic rings. The Bertz CT molecular complexity index is 818. The molecule has 140 valence electrons. The van der Waals surface area contributed by atoms with Crippen LogP contribution in [-0.4, -0.2) is 30.6 Å². The molecule has 1 aliphatic heterocycles. The van der Waals surface area contributed by atoms with E-state index in [9.17, 15) is 9.59 Å². The number of fused-ring (bicyclic) bond motifs is 1. The lowest BCUT2D eigenvalue weighted by molar-refractivity contribution is 0.0597. The molecule has 5 nitrogen and oxygen atoms in total. The maximum atomic E-state index is 12.8. The molecule has 2 fully saturated rings. The predicted octanol–water partition coefficient (Wildman–Crippen LogP) is 4.19. The minimum absolute atomic E-state index is 0.0127. The SMILES string of the molecule is COC(=O)c1ccc([C@@H]2C3CC3CCN2C(=O)OCc2ccccc2)cc1. The highest BCUT2D eigenvalue weighted by molar-refractivity contribution is 5.89. The number of amides is 1. The highest BCUT2D eigenvalue weighted by atomic mass is 16.6. The van der Waals surface area contributed by atoms with Crippen LogP contribution >= 0.6 is 0 Å². The number of rotatable bonds is 4. The minimum Gasteiger partial charge on any atom is -0.465 e. The predicted molar refractivity (Wildman–Crippen MR) is 100 cm³/mol. The number of hydrogen-bond donors (Lipinski definition) is 0. The van der Waals surface area contributed by atoms with Crippen LogP contribution in [0.15, 0.2) is 54.6 Å². The molecule has 2 unspecified atom stereocenters. The minimum atomic E-state index is -0.353. The average molecular weight is 365 g/mol. The molecular weight excluding hydrogens is 342 g/mol. The topological polar surface area (TPSA) is 55.8 Å². The third kappa shape index (κ3) is 3.68. The number of hydrogen-bond acceptors (Lipinski definition) is 4. The second-order valence-corrected chi connectivity index (χ2v) is 7.24. The Morgan fingerprint density at radius 1 is 1.07 bits per heavy atom. The molecule has 1 amide bonds. The first kappa shape index (κ1) is 17.6. The van der Waals surface area contributed by atoms with Gasteiger partial charge < -0.3 is 14.4 Å². The largest absolute Gasteiger partial charge is 0.465 e. The van der Waals surface area contributed by atoms with E-state index >= 15 is 0 Å². The Morgan fingerprint density at radius 3 is 2.52 bits per heavy atom. The van der Waals surface area contributed by atoms with Crippen molar-refractivity contribution < 1.29 is 19.1 Å². The second kappa shape index (κ2) is 7.43. The molecule has 1 saturated heterocycles. The van der Waals surface area contributed by atoms with Crippen molar-refractivity contribution in [3.8, 4) is 0 Å². The van der Waals surface area contributed by atoms with Gasteiger partial charge in [0, 0.05) is 6.54 Å². The average Bonchev–Trinajstić information content (AvgIpc) is 3.51. The molecule has 0 aromatic heterocycles. The summed E-state index contributed by atoms with van der Waals surface area (Å²) in [6, 6.07) is 17.1. The number of nitrogens with zero attached hydrogens (tertiary/aromatic N) is 1. The van der Waals surface area contributed by atoms with E-state index in [0.717, 1.165) is 24.0 Å². The van der Waals surface area contributed by atoms with Crippen molar-refractivity contribution >= 4 is 12.1 Å². The van der Waals surface area contributed by atoms with Crippen LogP contribution in [-0.2, 0) is 16.1 Å². The summed E-state index contributed by atoms with van der Waals surface area (Å²) in [7, 11) is 1.37. The Kier molecular flexibility index (Phi) is 4.84. The zero-order chi connectivity index (χ0) is 18.8. The van der Waals surface area contributed by atoms with E-state index in [1.165, 1.54) is 7.11 Å². The first-order chi connectivity index (χ1) is 13.2. The Labute approximate surface area is 158 Å². The summed E-state index contributed by atoms with van der Waals surface area (Å²) < 4.78 is 10.3.